The minimum Gasteiger partial charge on any atom is -0.493 e. The summed E-state index contributed by atoms with van der Waals surface area (Å²) in [5.74, 6) is 0.946. The molecule has 0 aromatic heterocycles. The first kappa shape index (κ1) is 20.6. The maximum atomic E-state index is 13.0. The molecule has 0 spiro atoms. The fourth-order valence-corrected chi connectivity index (χ4v) is 6.03. The summed E-state index contributed by atoms with van der Waals surface area (Å²) in [6.45, 7) is 6.70. The monoisotopic (exact) mass is 423 g/mol. The number of rotatable bonds is 4. The number of ether oxygens (including phenoxy) is 2. The smallest absolute Gasteiger partial charge is 0.282 e. The van der Waals surface area contributed by atoms with Crippen LogP contribution in [0, 0.1) is 0 Å². The molecule has 9 heteroatoms. The van der Waals surface area contributed by atoms with E-state index < -0.39 is 10.2 Å². The third kappa shape index (κ3) is 4.42. The normalized spacial score (nSPS) is 26.2. The molecule has 0 aliphatic carbocycles. The minimum atomic E-state index is -3.53. The van der Waals surface area contributed by atoms with Crippen molar-refractivity contribution in [3.63, 3.8) is 0 Å². The SMILES string of the molecule is CC1CN(S(=O)(=O)N2CCN(C(=O)Cc3ccc4c(c3)CCO4)CC2)CC(C)O1. The molecule has 8 nitrogen and oxygen atoms in total. The van der Waals surface area contributed by atoms with Gasteiger partial charge >= 0.3 is 0 Å². The first-order chi connectivity index (χ1) is 13.8. The second kappa shape index (κ2) is 8.22. The van der Waals surface area contributed by atoms with Gasteiger partial charge in [-0.25, -0.2) is 0 Å². The van der Waals surface area contributed by atoms with E-state index in [9.17, 15) is 13.2 Å². The van der Waals surface area contributed by atoms with Crippen LogP contribution < -0.4 is 4.74 Å². The highest BCUT2D eigenvalue weighted by Crippen LogP contribution is 2.26. The van der Waals surface area contributed by atoms with Crippen LogP contribution in [0.3, 0.4) is 0 Å². The molecule has 2 saturated heterocycles. The molecule has 0 radical (unpaired) electrons. The van der Waals surface area contributed by atoms with E-state index in [1.165, 1.54) is 8.61 Å². The van der Waals surface area contributed by atoms with Crippen LogP contribution in [0.15, 0.2) is 18.2 Å². The van der Waals surface area contributed by atoms with E-state index in [-0.39, 0.29) is 18.1 Å². The number of benzene rings is 1. The van der Waals surface area contributed by atoms with Crippen molar-refractivity contribution in [1.82, 2.24) is 13.5 Å². The highest BCUT2D eigenvalue weighted by molar-refractivity contribution is 7.86. The summed E-state index contributed by atoms with van der Waals surface area (Å²) in [4.78, 5) is 14.5. The lowest BCUT2D eigenvalue weighted by atomic mass is 10.1. The molecule has 1 aromatic carbocycles. The van der Waals surface area contributed by atoms with Gasteiger partial charge in [-0.3, -0.25) is 4.79 Å². The maximum Gasteiger partial charge on any atom is 0.282 e. The van der Waals surface area contributed by atoms with Gasteiger partial charge in [0, 0.05) is 45.7 Å². The molecule has 1 amide bonds. The Bertz CT molecular complexity index is 857. The highest BCUT2D eigenvalue weighted by atomic mass is 32.2. The number of carbonyl (C=O) groups is 1. The Morgan fingerprint density at radius 1 is 1.07 bits per heavy atom. The van der Waals surface area contributed by atoms with E-state index in [1.54, 1.807) is 4.90 Å². The number of amides is 1. The van der Waals surface area contributed by atoms with Gasteiger partial charge in [-0.15, -0.1) is 0 Å². The van der Waals surface area contributed by atoms with Crippen molar-refractivity contribution in [2.75, 3.05) is 45.9 Å². The molecule has 3 heterocycles. The molecular weight excluding hydrogens is 394 g/mol. The van der Waals surface area contributed by atoms with E-state index in [0.717, 1.165) is 23.3 Å². The van der Waals surface area contributed by atoms with Crippen LogP contribution in [-0.4, -0.2) is 85.9 Å². The Kier molecular flexibility index (Phi) is 5.83. The second-order valence-corrected chi connectivity index (χ2v) is 10.0. The average molecular weight is 424 g/mol. The van der Waals surface area contributed by atoms with Gasteiger partial charge in [0.05, 0.1) is 25.2 Å². The van der Waals surface area contributed by atoms with Crippen molar-refractivity contribution >= 4 is 16.1 Å². The van der Waals surface area contributed by atoms with Gasteiger partial charge in [0.25, 0.3) is 10.2 Å². The summed E-state index contributed by atoms with van der Waals surface area (Å²) in [5, 5.41) is 0. The zero-order valence-corrected chi connectivity index (χ0v) is 17.9. The lowest BCUT2D eigenvalue weighted by Crippen LogP contribution is -2.57. The van der Waals surface area contributed by atoms with Gasteiger partial charge in [-0.2, -0.15) is 17.0 Å². The molecule has 2 fully saturated rings. The van der Waals surface area contributed by atoms with Crippen molar-refractivity contribution in [2.24, 2.45) is 0 Å². The lowest BCUT2D eigenvalue weighted by molar-refractivity contribution is -0.131. The number of piperazine rings is 1. The number of morpholine rings is 1. The third-order valence-corrected chi connectivity index (χ3v) is 7.71. The lowest BCUT2D eigenvalue weighted by Gasteiger charge is -2.40. The van der Waals surface area contributed by atoms with Gasteiger partial charge in [0.15, 0.2) is 0 Å². The van der Waals surface area contributed by atoms with Gasteiger partial charge in [-0.05, 0) is 31.0 Å². The Hall–Kier alpha value is -1.68. The number of fused-ring (bicyclic) bond motifs is 1. The molecule has 0 bridgehead atoms. The fourth-order valence-electron chi connectivity index (χ4n) is 4.29. The molecule has 2 atom stereocenters. The Labute approximate surface area is 172 Å². The van der Waals surface area contributed by atoms with Crippen LogP contribution in [-0.2, 0) is 32.6 Å². The molecule has 0 N–H and O–H groups in total. The summed E-state index contributed by atoms with van der Waals surface area (Å²) >= 11 is 0. The van der Waals surface area contributed by atoms with Gasteiger partial charge in [0.2, 0.25) is 5.91 Å². The number of carbonyl (C=O) groups excluding carboxylic acids is 1. The van der Waals surface area contributed by atoms with Crippen LogP contribution in [0.2, 0.25) is 0 Å². The van der Waals surface area contributed by atoms with E-state index >= 15 is 0 Å². The maximum absolute atomic E-state index is 13.0. The Morgan fingerprint density at radius 3 is 2.45 bits per heavy atom. The van der Waals surface area contributed by atoms with Crippen molar-refractivity contribution in [2.45, 2.75) is 38.9 Å². The standard InChI is InChI=1S/C20H29N3O5S/c1-15-13-23(14-16(2)28-15)29(25,26)22-8-6-21(7-9-22)20(24)12-17-3-4-19-18(11-17)5-10-27-19/h3-4,11,15-16H,5-10,12-14H2,1-2H3. The van der Waals surface area contributed by atoms with Crippen molar-refractivity contribution < 1.29 is 22.7 Å². The Balaban J connectivity index is 1.33. The van der Waals surface area contributed by atoms with E-state index in [2.05, 4.69) is 0 Å². The minimum absolute atomic E-state index is 0.0366. The summed E-state index contributed by atoms with van der Waals surface area (Å²) in [7, 11) is -3.53. The first-order valence-electron chi connectivity index (χ1n) is 10.3. The predicted molar refractivity (Wildman–Crippen MR) is 108 cm³/mol. The van der Waals surface area contributed by atoms with E-state index in [0.29, 0.717) is 52.3 Å². The van der Waals surface area contributed by atoms with Crippen molar-refractivity contribution in [3.8, 4) is 5.75 Å². The quantitative estimate of drug-likeness (QED) is 0.711. The summed E-state index contributed by atoms with van der Waals surface area (Å²) in [5.41, 5.74) is 2.13. The van der Waals surface area contributed by atoms with E-state index in [4.69, 9.17) is 9.47 Å². The molecule has 2 unspecified atom stereocenters. The first-order valence-corrected chi connectivity index (χ1v) is 11.7. The van der Waals surface area contributed by atoms with Crippen molar-refractivity contribution in [3.05, 3.63) is 29.3 Å². The van der Waals surface area contributed by atoms with Crippen molar-refractivity contribution in [1.29, 1.82) is 0 Å². The van der Waals surface area contributed by atoms with Crippen LogP contribution in [0.1, 0.15) is 25.0 Å². The molecule has 29 heavy (non-hydrogen) atoms. The zero-order valence-electron chi connectivity index (χ0n) is 17.0. The number of hydrogen-bond acceptors (Lipinski definition) is 5. The Morgan fingerprint density at radius 2 is 1.76 bits per heavy atom. The van der Waals surface area contributed by atoms with Crippen LogP contribution >= 0.6 is 0 Å². The zero-order chi connectivity index (χ0) is 20.6. The number of hydrogen-bond donors (Lipinski definition) is 0. The topological polar surface area (TPSA) is 79.4 Å². The van der Waals surface area contributed by atoms with E-state index in [1.807, 2.05) is 32.0 Å². The second-order valence-electron chi connectivity index (χ2n) is 8.08. The van der Waals surface area contributed by atoms with Gasteiger partial charge < -0.3 is 14.4 Å². The number of nitrogens with zero attached hydrogens (tertiary/aromatic N) is 3. The molecule has 0 saturated carbocycles. The third-order valence-electron chi connectivity index (χ3n) is 5.74. The molecule has 1 aromatic rings. The van der Waals surface area contributed by atoms with Gasteiger partial charge in [0.1, 0.15) is 5.75 Å². The largest absolute Gasteiger partial charge is 0.493 e. The molecular formula is C20H29N3O5S. The van der Waals surface area contributed by atoms with Crippen LogP contribution in [0.5, 0.6) is 5.75 Å². The predicted octanol–water partition coefficient (Wildman–Crippen LogP) is 0.662. The summed E-state index contributed by atoms with van der Waals surface area (Å²) < 4.78 is 40.1. The molecule has 3 aliphatic rings. The molecule has 160 valence electrons. The van der Waals surface area contributed by atoms with Crippen LogP contribution in [0.25, 0.3) is 0 Å². The van der Waals surface area contributed by atoms with Crippen LogP contribution in [0.4, 0.5) is 0 Å². The van der Waals surface area contributed by atoms with Gasteiger partial charge in [-0.1, -0.05) is 12.1 Å². The fraction of sp³-hybridized carbons (Fsp3) is 0.650. The molecule has 3 aliphatic heterocycles. The summed E-state index contributed by atoms with van der Waals surface area (Å²) in [6.07, 6.45) is 0.980. The highest BCUT2D eigenvalue weighted by Gasteiger charge is 2.37. The average Bonchev–Trinajstić information content (AvgIpc) is 3.15. The summed E-state index contributed by atoms with van der Waals surface area (Å²) in [6, 6.07) is 5.91. The molecule has 4 rings (SSSR count).